The van der Waals surface area contributed by atoms with Gasteiger partial charge in [-0.2, -0.15) is 13.2 Å². The van der Waals surface area contributed by atoms with Crippen molar-refractivity contribution in [2.75, 3.05) is 13.1 Å². The maximum absolute atomic E-state index is 12.4. The number of hydrogen-bond donors (Lipinski definition) is 2. The largest absolute Gasteiger partial charge is 0.416 e. The summed E-state index contributed by atoms with van der Waals surface area (Å²) in [6.07, 6.45) is -2.34. The van der Waals surface area contributed by atoms with Crippen LogP contribution in [-0.2, 0) is 6.18 Å². The first-order valence-electron chi connectivity index (χ1n) is 6.05. The molecule has 1 rings (SSSR count). The van der Waals surface area contributed by atoms with Crippen molar-refractivity contribution in [2.24, 2.45) is 5.73 Å². The molecule has 1 atom stereocenters. The van der Waals surface area contributed by atoms with Crippen molar-refractivity contribution in [3.05, 3.63) is 35.4 Å². The fraction of sp³-hybridized carbons (Fsp3) is 0.538. The zero-order valence-corrected chi connectivity index (χ0v) is 10.4. The number of rotatable bonds is 6. The van der Waals surface area contributed by atoms with Crippen LogP contribution in [0.15, 0.2) is 24.3 Å². The second-order valence-corrected chi connectivity index (χ2v) is 4.29. The van der Waals surface area contributed by atoms with Crippen LogP contribution in [0, 0.1) is 0 Å². The van der Waals surface area contributed by atoms with E-state index in [0.717, 1.165) is 37.1 Å². The van der Waals surface area contributed by atoms with Crippen LogP contribution in [0.5, 0.6) is 0 Å². The summed E-state index contributed by atoms with van der Waals surface area (Å²) in [6.45, 7) is 3.42. The van der Waals surface area contributed by atoms with Crippen molar-refractivity contribution in [1.29, 1.82) is 0 Å². The van der Waals surface area contributed by atoms with Gasteiger partial charge < -0.3 is 11.1 Å². The lowest BCUT2D eigenvalue weighted by Crippen LogP contribution is -2.20. The third kappa shape index (κ3) is 4.66. The van der Waals surface area contributed by atoms with Crippen LogP contribution in [0.3, 0.4) is 0 Å². The van der Waals surface area contributed by atoms with E-state index < -0.39 is 11.7 Å². The molecule has 0 aromatic heterocycles. The second-order valence-electron chi connectivity index (χ2n) is 4.29. The van der Waals surface area contributed by atoms with Gasteiger partial charge in [-0.15, -0.1) is 0 Å². The van der Waals surface area contributed by atoms with Crippen LogP contribution in [0.2, 0.25) is 0 Å². The summed E-state index contributed by atoms with van der Waals surface area (Å²) in [5, 5.41) is 3.26. The lowest BCUT2D eigenvalue weighted by Gasteiger charge is -2.15. The lowest BCUT2D eigenvalue weighted by molar-refractivity contribution is -0.137. The van der Waals surface area contributed by atoms with Gasteiger partial charge in [-0.1, -0.05) is 12.1 Å². The minimum Gasteiger partial charge on any atom is -0.330 e. The highest BCUT2D eigenvalue weighted by Crippen LogP contribution is 2.29. The first-order chi connectivity index (χ1) is 8.45. The van der Waals surface area contributed by atoms with Crippen molar-refractivity contribution in [3.63, 3.8) is 0 Å². The topological polar surface area (TPSA) is 38.0 Å². The smallest absolute Gasteiger partial charge is 0.330 e. The highest BCUT2D eigenvalue weighted by Gasteiger charge is 2.30. The highest BCUT2D eigenvalue weighted by molar-refractivity contribution is 5.26. The predicted molar refractivity (Wildman–Crippen MR) is 66.2 cm³/mol. The molecule has 0 aliphatic carbocycles. The summed E-state index contributed by atoms with van der Waals surface area (Å²) in [7, 11) is 0. The molecule has 2 nitrogen and oxygen atoms in total. The van der Waals surface area contributed by atoms with E-state index >= 15 is 0 Å². The van der Waals surface area contributed by atoms with Gasteiger partial charge in [-0.25, -0.2) is 0 Å². The molecule has 0 aliphatic rings. The molecule has 0 saturated carbocycles. The third-order valence-electron chi connectivity index (χ3n) is 2.82. The number of benzene rings is 1. The second kappa shape index (κ2) is 6.75. The number of nitrogens with two attached hydrogens (primary N) is 1. The molecule has 5 heteroatoms. The predicted octanol–water partition coefficient (Wildman–Crippen LogP) is 3.09. The SMILES string of the molecule is CC(NCCCCN)c1ccc(C(F)(F)F)cc1. The van der Waals surface area contributed by atoms with Crippen LogP contribution in [0.1, 0.15) is 36.9 Å². The first-order valence-corrected chi connectivity index (χ1v) is 6.05. The Morgan fingerprint density at radius 3 is 2.28 bits per heavy atom. The summed E-state index contributed by atoms with van der Waals surface area (Å²) < 4.78 is 37.1. The minimum atomic E-state index is -4.27. The van der Waals surface area contributed by atoms with Gasteiger partial charge in [0.2, 0.25) is 0 Å². The molecule has 18 heavy (non-hydrogen) atoms. The fourth-order valence-electron chi connectivity index (χ4n) is 1.67. The Morgan fingerprint density at radius 2 is 1.78 bits per heavy atom. The van der Waals surface area contributed by atoms with Gasteiger partial charge in [0.25, 0.3) is 0 Å². The van der Waals surface area contributed by atoms with E-state index in [9.17, 15) is 13.2 Å². The van der Waals surface area contributed by atoms with Gasteiger partial charge in [0, 0.05) is 6.04 Å². The van der Waals surface area contributed by atoms with Gasteiger partial charge >= 0.3 is 6.18 Å². The van der Waals surface area contributed by atoms with Gasteiger partial charge in [0.05, 0.1) is 5.56 Å². The number of nitrogens with one attached hydrogen (secondary N) is 1. The molecule has 102 valence electrons. The Bertz CT molecular complexity index is 346. The summed E-state index contributed by atoms with van der Waals surface area (Å²) in [4.78, 5) is 0. The van der Waals surface area contributed by atoms with Gasteiger partial charge in [0.1, 0.15) is 0 Å². The van der Waals surface area contributed by atoms with E-state index in [0.29, 0.717) is 6.54 Å². The molecular formula is C13H19F3N2. The van der Waals surface area contributed by atoms with Gasteiger partial charge in [-0.3, -0.25) is 0 Å². The average Bonchev–Trinajstić information content (AvgIpc) is 2.33. The van der Waals surface area contributed by atoms with E-state index in [-0.39, 0.29) is 6.04 Å². The van der Waals surface area contributed by atoms with Crippen LogP contribution in [0.25, 0.3) is 0 Å². The molecule has 0 amide bonds. The summed E-state index contributed by atoms with van der Waals surface area (Å²) >= 11 is 0. The zero-order chi connectivity index (χ0) is 13.6. The zero-order valence-electron chi connectivity index (χ0n) is 10.4. The molecule has 0 heterocycles. The van der Waals surface area contributed by atoms with Crippen LogP contribution < -0.4 is 11.1 Å². The maximum atomic E-state index is 12.4. The number of unbranched alkanes of at least 4 members (excludes halogenated alkanes) is 1. The lowest BCUT2D eigenvalue weighted by atomic mass is 10.1. The van der Waals surface area contributed by atoms with E-state index in [4.69, 9.17) is 5.73 Å². The molecule has 1 aromatic rings. The monoisotopic (exact) mass is 260 g/mol. The summed E-state index contributed by atoms with van der Waals surface area (Å²) in [5.41, 5.74) is 5.63. The fourth-order valence-corrected chi connectivity index (χ4v) is 1.67. The summed E-state index contributed by atoms with van der Waals surface area (Å²) in [5.74, 6) is 0. The van der Waals surface area contributed by atoms with Crippen LogP contribution >= 0.6 is 0 Å². The van der Waals surface area contributed by atoms with Crippen molar-refractivity contribution >= 4 is 0 Å². The molecule has 0 fully saturated rings. The van der Waals surface area contributed by atoms with Gasteiger partial charge in [-0.05, 0) is 50.6 Å². The third-order valence-corrected chi connectivity index (χ3v) is 2.82. The van der Waals surface area contributed by atoms with Crippen molar-refractivity contribution in [1.82, 2.24) is 5.32 Å². The summed E-state index contributed by atoms with van der Waals surface area (Å²) in [6, 6.07) is 5.32. The Balaban J connectivity index is 2.51. The Kier molecular flexibility index (Phi) is 5.62. The number of alkyl halides is 3. The van der Waals surface area contributed by atoms with E-state index in [1.54, 1.807) is 0 Å². The van der Waals surface area contributed by atoms with E-state index in [2.05, 4.69) is 5.32 Å². The number of hydrogen-bond acceptors (Lipinski definition) is 2. The Labute approximate surface area is 105 Å². The molecular weight excluding hydrogens is 241 g/mol. The normalized spacial score (nSPS) is 13.6. The van der Waals surface area contributed by atoms with E-state index in [1.807, 2.05) is 6.92 Å². The Hall–Kier alpha value is -1.07. The van der Waals surface area contributed by atoms with Crippen molar-refractivity contribution in [2.45, 2.75) is 32.0 Å². The molecule has 0 aliphatic heterocycles. The minimum absolute atomic E-state index is 0.0464. The quantitative estimate of drug-likeness (QED) is 0.771. The standard InChI is InChI=1S/C13H19F3N2/c1-10(18-9-3-2-8-17)11-4-6-12(7-5-11)13(14,15)16/h4-7,10,18H,2-3,8-9,17H2,1H3. The molecule has 3 N–H and O–H groups in total. The molecule has 0 bridgehead atoms. The molecule has 0 spiro atoms. The van der Waals surface area contributed by atoms with E-state index in [1.165, 1.54) is 12.1 Å². The molecule has 1 unspecified atom stereocenters. The van der Waals surface area contributed by atoms with Crippen LogP contribution in [-0.4, -0.2) is 13.1 Å². The molecule has 1 aromatic carbocycles. The molecule has 0 saturated heterocycles. The van der Waals surface area contributed by atoms with Crippen molar-refractivity contribution in [3.8, 4) is 0 Å². The average molecular weight is 260 g/mol. The van der Waals surface area contributed by atoms with Crippen LogP contribution in [0.4, 0.5) is 13.2 Å². The highest BCUT2D eigenvalue weighted by atomic mass is 19.4. The Morgan fingerprint density at radius 1 is 1.17 bits per heavy atom. The van der Waals surface area contributed by atoms with Gasteiger partial charge in [0.15, 0.2) is 0 Å². The maximum Gasteiger partial charge on any atom is 0.416 e. The van der Waals surface area contributed by atoms with Crippen molar-refractivity contribution < 1.29 is 13.2 Å². The number of halogens is 3. The first kappa shape index (κ1) is 15.0. The molecule has 0 radical (unpaired) electrons.